The van der Waals surface area contributed by atoms with Crippen LogP contribution in [-0.4, -0.2) is 18.5 Å². The summed E-state index contributed by atoms with van der Waals surface area (Å²) in [5.41, 5.74) is 0.934. The third-order valence-corrected chi connectivity index (χ3v) is 5.29. The van der Waals surface area contributed by atoms with Gasteiger partial charge in [-0.05, 0) is 75.4 Å². The Hall–Kier alpha value is -2.07. The highest BCUT2D eigenvalue weighted by atomic mass is 32.1. The third-order valence-electron chi connectivity index (χ3n) is 4.27. The van der Waals surface area contributed by atoms with Gasteiger partial charge >= 0.3 is 0 Å². The maximum absolute atomic E-state index is 12.2. The molecule has 4 heteroatoms. The Morgan fingerprint density at radius 1 is 1.20 bits per heavy atom. The molecule has 0 atom stereocenters. The highest BCUT2D eigenvalue weighted by molar-refractivity contribution is 7.14. The molecule has 0 aliphatic heterocycles. The second-order valence-electron chi connectivity index (χ2n) is 6.27. The van der Waals surface area contributed by atoms with E-state index in [1.165, 1.54) is 24.2 Å². The van der Waals surface area contributed by atoms with Crippen LogP contribution in [0.2, 0.25) is 0 Å². The monoisotopic (exact) mass is 356 g/mol. The minimum atomic E-state index is 0.0299. The minimum absolute atomic E-state index is 0.0299. The summed E-state index contributed by atoms with van der Waals surface area (Å²) in [6.45, 7) is 4.55. The second-order valence-corrected chi connectivity index (χ2v) is 7.56. The first-order valence-electron chi connectivity index (χ1n) is 8.88. The quantitative estimate of drug-likeness (QED) is 0.473. The Bertz CT molecular complexity index is 754. The molecule has 0 unspecified atom stereocenters. The Kier molecular flexibility index (Phi) is 5.92. The van der Waals surface area contributed by atoms with E-state index in [4.69, 9.17) is 9.47 Å². The predicted octanol–water partition coefficient (Wildman–Crippen LogP) is 5.67. The molecule has 0 amide bonds. The van der Waals surface area contributed by atoms with Gasteiger partial charge in [0.1, 0.15) is 0 Å². The van der Waals surface area contributed by atoms with E-state index in [1.54, 1.807) is 6.08 Å². The molecule has 1 aromatic heterocycles. The lowest BCUT2D eigenvalue weighted by Crippen LogP contribution is -2.11. The van der Waals surface area contributed by atoms with Crippen molar-refractivity contribution in [3.05, 3.63) is 51.7 Å². The third kappa shape index (κ3) is 4.73. The van der Waals surface area contributed by atoms with Gasteiger partial charge in [-0.2, -0.15) is 0 Å². The van der Waals surface area contributed by atoms with Crippen molar-refractivity contribution < 1.29 is 14.3 Å². The molecule has 1 aromatic carbocycles. The van der Waals surface area contributed by atoms with Gasteiger partial charge in [0.15, 0.2) is 17.3 Å². The molecule has 1 aliphatic carbocycles. The summed E-state index contributed by atoms with van der Waals surface area (Å²) in [5, 5.41) is 0. The first-order valence-corrected chi connectivity index (χ1v) is 9.69. The number of thiophene rings is 1. The molecular formula is C21H24O3S. The zero-order valence-corrected chi connectivity index (χ0v) is 15.6. The van der Waals surface area contributed by atoms with Crippen molar-refractivity contribution in [1.82, 2.24) is 0 Å². The largest absolute Gasteiger partial charge is 0.490 e. The van der Waals surface area contributed by atoms with Gasteiger partial charge in [0.05, 0.1) is 17.6 Å². The normalized spacial score (nSPS) is 15.0. The van der Waals surface area contributed by atoms with E-state index in [0.29, 0.717) is 12.7 Å². The van der Waals surface area contributed by atoms with E-state index in [1.807, 2.05) is 50.3 Å². The standard InChI is InChI=1S/C21H24O3S/c1-3-23-20-14-16(9-11-18(22)21-13-8-15(2)25-21)10-12-19(20)24-17-6-4-5-7-17/h8-14,17H,3-7H2,1-2H3/b11-9+. The molecule has 0 N–H and O–H groups in total. The Labute approximate surface area is 153 Å². The minimum Gasteiger partial charge on any atom is -0.490 e. The van der Waals surface area contributed by atoms with Gasteiger partial charge in [0, 0.05) is 4.88 Å². The number of carbonyl (C=O) groups is 1. The summed E-state index contributed by atoms with van der Waals surface area (Å²) in [7, 11) is 0. The smallest absolute Gasteiger partial charge is 0.195 e. The Balaban J connectivity index is 1.73. The lowest BCUT2D eigenvalue weighted by Gasteiger charge is -2.17. The van der Waals surface area contributed by atoms with E-state index in [-0.39, 0.29) is 5.78 Å². The zero-order chi connectivity index (χ0) is 17.6. The highest BCUT2D eigenvalue weighted by Gasteiger charge is 2.18. The molecular weight excluding hydrogens is 332 g/mol. The van der Waals surface area contributed by atoms with Crippen LogP contribution >= 0.6 is 11.3 Å². The Morgan fingerprint density at radius 3 is 2.68 bits per heavy atom. The molecule has 1 saturated carbocycles. The summed E-state index contributed by atoms with van der Waals surface area (Å²) < 4.78 is 11.8. The van der Waals surface area contributed by atoms with Gasteiger partial charge in [0.25, 0.3) is 0 Å². The topological polar surface area (TPSA) is 35.5 Å². The van der Waals surface area contributed by atoms with Crippen LogP contribution in [0.3, 0.4) is 0 Å². The molecule has 0 bridgehead atoms. The fourth-order valence-electron chi connectivity index (χ4n) is 3.00. The molecule has 0 saturated heterocycles. The number of hydrogen-bond acceptors (Lipinski definition) is 4. The van der Waals surface area contributed by atoms with Crippen LogP contribution in [-0.2, 0) is 0 Å². The van der Waals surface area contributed by atoms with E-state index in [0.717, 1.165) is 39.7 Å². The fraction of sp³-hybridized carbons (Fsp3) is 0.381. The van der Waals surface area contributed by atoms with Gasteiger partial charge in [-0.1, -0.05) is 12.1 Å². The van der Waals surface area contributed by atoms with Gasteiger partial charge < -0.3 is 9.47 Å². The number of carbonyl (C=O) groups excluding carboxylic acids is 1. The number of hydrogen-bond donors (Lipinski definition) is 0. The van der Waals surface area contributed by atoms with Gasteiger partial charge in [-0.15, -0.1) is 11.3 Å². The molecule has 2 aromatic rings. The number of aryl methyl sites for hydroxylation is 1. The number of ether oxygens (including phenoxy) is 2. The van der Waals surface area contributed by atoms with Crippen molar-refractivity contribution in [1.29, 1.82) is 0 Å². The molecule has 132 valence electrons. The van der Waals surface area contributed by atoms with Crippen molar-refractivity contribution in [3.8, 4) is 11.5 Å². The van der Waals surface area contributed by atoms with Crippen LogP contribution in [0, 0.1) is 6.92 Å². The first-order chi connectivity index (χ1) is 12.2. The summed E-state index contributed by atoms with van der Waals surface area (Å²) in [6, 6.07) is 9.70. The molecule has 25 heavy (non-hydrogen) atoms. The Morgan fingerprint density at radius 2 is 2.00 bits per heavy atom. The maximum atomic E-state index is 12.2. The van der Waals surface area contributed by atoms with Crippen LogP contribution in [0.25, 0.3) is 6.08 Å². The summed E-state index contributed by atoms with van der Waals surface area (Å²) >= 11 is 1.52. The van der Waals surface area contributed by atoms with Crippen LogP contribution in [0.5, 0.6) is 11.5 Å². The molecule has 3 nitrogen and oxygen atoms in total. The van der Waals surface area contributed by atoms with Crippen LogP contribution in [0.4, 0.5) is 0 Å². The van der Waals surface area contributed by atoms with Gasteiger partial charge in [0.2, 0.25) is 0 Å². The van der Waals surface area contributed by atoms with Crippen molar-refractivity contribution in [2.24, 2.45) is 0 Å². The lowest BCUT2D eigenvalue weighted by atomic mass is 10.1. The average Bonchev–Trinajstić information content (AvgIpc) is 3.26. The number of ketones is 1. The van der Waals surface area contributed by atoms with E-state index < -0.39 is 0 Å². The number of benzene rings is 1. The van der Waals surface area contributed by atoms with Crippen LogP contribution < -0.4 is 9.47 Å². The van der Waals surface area contributed by atoms with Gasteiger partial charge in [-0.3, -0.25) is 4.79 Å². The summed E-state index contributed by atoms with van der Waals surface area (Å²) in [6.07, 6.45) is 8.44. The van der Waals surface area contributed by atoms with Crippen LogP contribution in [0.15, 0.2) is 36.4 Å². The molecule has 1 fully saturated rings. The summed E-state index contributed by atoms with van der Waals surface area (Å²) in [4.78, 5) is 14.1. The van der Waals surface area contributed by atoms with Crippen molar-refractivity contribution in [2.45, 2.75) is 45.6 Å². The van der Waals surface area contributed by atoms with E-state index in [9.17, 15) is 4.79 Å². The predicted molar refractivity (Wildman–Crippen MR) is 103 cm³/mol. The highest BCUT2D eigenvalue weighted by Crippen LogP contribution is 2.33. The number of allylic oxidation sites excluding steroid dienone is 1. The molecule has 0 spiro atoms. The maximum Gasteiger partial charge on any atom is 0.195 e. The molecule has 0 radical (unpaired) electrons. The zero-order valence-electron chi connectivity index (χ0n) is 14.8. The average molecular weight is 356 g/mol. The molecule has 1 heterocycles. The summed E-state index contributed by atoms with van der Waals surface area (Å²) in [5.74, 6) is 1.57. The van der Waals surface area contributed by atoms with E-state index >= 15 is 0 Å². The lowest BCUT2D eigenvalue weighted by molar-refractivity contribution is 0.105. The van der Waals surface area contributed by atoms with Crippen molar-refractivity contribution in [3.63, 3.8) is 0 Å². The molecule has 1 aliphatic rings. The number of rotatable bonds is 7. The van der Waals surface area contributed by atoms with Gasteiger partial charge in [-0.25, -0.2) is 0 Å². The van der Waals surface area contributed by atoms with Crippen molar-refractivity contribution in [2.75, 3.05) is 6.61 Å². The first kappa shape index (κ1) is 17.7. The van der Waals surface area contributed by atoms with E-state index in [2.05, 4.69) is 0 Å². The SMILES string of the molecule is CCOc1cc(/C=C/C(=O)c2ccc(C)s2)ccc1OC1CCCC1. The molecule has 3 rings (SSSR count). The second kappa shape index (κ2) is 8.34. The van der Waals surface area contributed by atoms with Crippen molar-refractivity contribution >= 4 is 23.2 Å². The fourth-order valence-corrected chi connectivity index (χ4v) is 3.79. The van der Waals surface area contributed by atoms with Crippen LogP contribution in [0.1, 0.15) is 52.7 Å².